The predicted molar refractivity (Wildman–Crippen MR) is 65.8 cm³/mol. The van der Waals surface area contributed by atoms with Crippen molar-refractivity contribution in [2.45, 2.75) is 19.1 Å². The molecule has 2 unspecified atom stereocenters. The molecule has 0 aromatic carbocycles. The van der Waals surface area contributed by atoms with Crippen molar-refractivity contribution in [3.05, 3.63) is 16.6 Å². The van der Waals surface area contributed by atoms with Gasteiger partial charge in [-0.1, -0.05) is 6.92 Å². The van der Waals surface area contributed by atoms with Crippen LogP contribution in [0.2, 0.25) is 0 Å². The summed E-state index contributed by atoms with van der Waals surface area (Å²) in [5, 5.41) is 6.40. The minimum atomic E-state index is 0.213. The number of nitrogens with zero attached hydrogens (tertiary/aromatic N) is 2. The molecule has 0 radical (unpaired) electrons. The summed E-state index contributed by atoms with van der Waals surface area (Å²) in [6.07, 6.45) is 2.09. The molecule has 90 valence electrons. The molecule has 1 fully saturated rings. The van der Waals surface area contributed by atoms with Gasteiger partial charge < -0.3 is 10.1 Å². The van der Waals surface area contributed by atoms with E-state index in [0.717, 1.165) is 26.2 Å². The van der Waals surface area contributed by atoms with Crippen molar-refractivity contribution >= 4 is 11.3 Å². The molecule has 1 saturated heterocycles. The molecule has 2 rings (SSSR count). The highest BCUT2D eigenvalue weighted by atomic mass is 32.1. The maximum atomic E-state index is 5.85. The number of morpholine rings is 1. The molecule has 1 aliphatic rings. The lowest BCUT2D eigenvalue weighted by Crippen LogP contribution is -2.48. The highest BCUT2D eigenvalue weighted by Gasteiger charge is 2.33. The first-order valence-corrected chi connectivity index (χ1v) is 6.64. The first-order chi connectivity index (χ1) is 7.86. The Hall–Kier alpha value is -0.490. The molecule has 2 heterocycles. The summed E-state index contributed by atoms with van der Waals surface area (Å²) in [6.45, 7) is 5.94. The number of hydrogen-bond acceptors (Lipinski definition) is 5. The molecule has 0 amide bonds. The molecule has 0 spiro atoms. The van der Waals surface area contributed by atoms with Gasteiger partial charge in [0.2, 0.25) is 0 Å². The molecule has 2 atom stereocenters. The quantitative estimate of drug-likeness (QED) is 0.857. The van der Waals surface area contributed by atoms with E-state index in [1.165, 1.54) is 5.01 Å². The van der Waals surface area contributed by atoms with Crippen LogP contribution in [-0.4, -0.2) is 49.3 Å². The molecule has 1 aromatic rings. The first-order valence-electron chi connectivity index (χ1n) is 5.76. The average molecular weight is 241 g/mol. The number of hydrogen-bond donors (Lipinski definition) is 1. The van der Waals surface area contributed by atoms with Crippen LogP contribution in [-0.2, 0) is 4.74 Å². The standard InChI is InChI=1S/C11H19N3OS/c1-3-14-5-6-15-9(8-12-2)10(14)11-13-4-7-16-11/h4,7,9-10,12H,3,5-6,8H2,1-2H3. The Morgan fingerprint density at radius 1 is 1.69 bits per heavy atom. The Morgan fingerprint density at radius 3 is 3.19 bits per heavy atom. The third-order valence-electron chi connectivity index (χ3n) is 2.97. The van der Waals surface area contributed by atoms with Gasteiger partial charge in [-0.15, -0.1) is 11.3 Å². The number of ether oxygens (including phenoxy) is 1. The molecule has 1 aromatic heterocycles. The van der Waals surface area contributed by atoms with Crippen molar-refractivity contribution in [1.82, 2.24) is 15.2 Å². The highest BCUT2D eigenvalue weighted by Crippen LogP contribution is 2.30. The third-order valence-corrected chi connectivity index (χ3v) is 3.82. The Morgan fingerprint density at radius 2 is 2.56 bits per heavy atom. The van der Waals surface area contributed by atoms with Crippen LogP contribution in [0.25, 0.3) is 0 Å². The highest BCUT2D eigenvalue weighted by molar-refractivity contribution is 7.09. The van der Waals surface area contributed by atoms with Gasteiger partial charge in [-0.25, -0.2) is 4.98 Å². The topological polar surface area (TPSA) is 37.4 Å². The van der Waals surface area contributed by atoms with Gasteiger partial charge >= 0.3 is 0 Å². The zero-order valence-electron chi connectivity index (χ0n) is 9.85. The molecular formula is C11H19N3OS. The maximum absolute atomic E-state index is 5.85. The first kappa shape index (κ1) is 12.0. The minimum Gasteiger partial charge on any atom is -0.373 e. The van der Waals surface area contributed by atoms with Gasteiger partial charge in [0.25, 0.3) is 0 Å². The normalized spacial score (nSPS) is 27.1. The van der Waals surface area contributed by atoms with Crippen LogP contribution >= 0.6 is 11.3 Å². The summed E-state index contributed by atoms with van der Waals surface area (Å²) in [4.78, 5) is 6.89. The minimum absolute atomic E-state index is 0.213. The van der Waals surface area contributed by atoms with E-state index in [9.17, 15) is 0 Å². The van der Waals surface area contributed by atoms with E-state index < -0.39 is 0 Å². The van der Waals surface area contributed by atoms with Crippen molar-refractivity contribution in [3.8, 4) is 0 Å². The number of aromatic nitrogens is 1. The zero-order chi connectivity index (χ0) is 11.4. The number of rotatable bonds is 4. The van der Waals surface area contributed by atoms with Gasteiger partial charge in [0, 0.05) is 24.7 Å². The van der Waals surface area contributed by atoms with Crippen LogP contribution in [0.4, 0.5) is 0 Å². The van der Waals surface area contributed by atoms with Gasteiger partial charge in [0.15, 0.2) is 0 Å². The fourth-order valence-electron chi connectivity index (χ4n) is 2.21. The van der Waals surface area contributed by atoms with Crippen molar-refractivity contribution in [2.75, 3.05) is 33.3 Å². The van der Waals surface area contributed by atoms with Crippen LogP contribution in [0.5, 0.6) is 0 Å². The zero-order valence-corrected chi connectivity index (χ0v) is 10.7. The Labute approximate surface area is 101 Å². The lowest BCUT2D eigenvalue weighted by molar-refractivity contribution is -0.0687. The second kappa shape index (κ2) is 5.72. The summed E-state index contributed by atoms with van der Waals surface area (Å²) in [5.41, 5.74) is 0. The monoisotopic (exact) mass is 241 g/mol. The molecule has 1 aliphatic heterocycles. The number of thiazole rings is 1. The van der Waals surface area contributed by atoms with Crippen molar-refractivity contribution < 1.29 is 4.74 Å². The van der Waals surface area contributed by atoms with E-state index >= 15 is 0 Å². The summed E-state index contributed by atoms with van der Waals surface area (Å²) in [6, 6.07) is 0.311. The molecule has 5 heteroatoms. The van der Waals surface area contributed by atoms with Crippen LogP contribution in [0.3, 0.4) is 0 Å². The van der Waals surface area contributed by atoms with Crippen LogP contribution in [0.15, 0.2) is 11.6 Å². The van der Waals surface area contributed by atoms with Crippen molar-refractivity contribution in [2.24, 2.45) is 0 Å². The van der Waals surface area contributed by atoms with E-state index in [4.69, 9.17) is 4.74 Å². The van der Waals surface area contributed by atoms with E-state index in [1.807, 2.05) is 18.6 Å². The van der Waals surface area contributed by atoms with Crippen LogP contribution < -0.4 is 5.32 Å². The second-order valence-corrected chi connectivity index (χ2v) is 4.84. The molecule has 4 nitrogen and oxygen atoms in total. The third kappa shape index (κ3) is 2.43. The summed E-state index contributed by atoms with van der Waals surface area (Å²) >= 11 is 1.72. The van der Waals surface area contributed by atoms with E-state index in [1.54, 1.807) is 11.3 Å². The smallest absolute Gasteiger partial charge is 0.112 e. The number of nitrogens with one attached hydrogen (secondary N) is 1. The SMILES string of the molecule is CCN1CCOC(CNC)C1c1nccs1. The maximum Gasteiger partial charge on any atom is 0.112 e. The summed E-state index contributed by atoms with van der Waals surface area (Å²) in [5.74, 6) is 0. The van der Waals surface area contributed by atoms with Gasteiger partial charge in [-0.05, 0) is 13.6 Å². The fourth-order valence-corrected chi connectivity index (χ4v) is 3.03. The van der Waals surface area contributed by atoms with E-state index in [2.05, 4.69) is 22.1 Å². The average Bonchev–Trinajstić information content (AvgIpc) is 2.82. The van der Waals surface area contributed by atoms with Gasteiger partial charge in [0.05, 0.1) is 18.8 Å². The van der Waals surface area contributed by atoms with Gasteiger partial charge in [0.1, 0.15) is 5.01 Å². The van der Waals surface area contributed by atoms with Gasteiger partial charge in [-0.3, -0.25) is 4.90 Å². The van der Waals surface area contributed by atoms with Crippen molar-refractivity contribution in [3.63, 3.8) is 0 Å². The van der Waals surface area contributed by atoms with E-state index in [-0.39, 0.29) is 6.10 Å². The lowest BCUT2D eigenvalue weighted by Gasteiger charge is -2.39. The molecule has 0 aliphatic carbocycles. The number of likely N-dealkylation sites (N-methyl/N-ethyl adjacent to an activating group) is 2. The summed E-state index contributed by atoms with van der Waals surface area (Å²) < 4.78 is 5.85. The molecule has 16 heavy (non-hydrogen) atoms. The van der Waals surface area contributed by atoms with Crippen LogP contribution in [0.1, 0.15) is 18.0 Å². The Kier molecular flexibility index (Phi) is 4.29. The largest absolute Gasteiger partial charge is 0.373 e. The predicted octanol–water partition coefficient (Wildman–Crippen LogP) is 1.12. The lowest BCUT2D eigenvalue weighted by atomic mass is 10.1. The molecule has 0 bridgehead atoms. The van der Waals surface area contributed by atoms with Crippen molar-refractivity contribution in [1.29, 1.82) is 0 Å². The van der Waals surface area contributed by atoms with Crippen LogP contribution in [0, 0.1) is 0 Å². The van der Waals surface area contributed by atoms with E-state index in [0.29, 0.717) is 6.04 Å². The Bertz CT molecular complexity index is 302. The molecule has 0 saturated carbocycles. The molecular weight excluding hydrogens is 222 g/mol. The Balaban J connectivity index is 2.17. The summed E-state index contributed by atoms with van der Waals surface area (Å²) in [7, 11) is 1.97. The van der Waals surface area contributed by atoms with Gasteiger partial charge in [-0.2, -0.15) is 0 Å². The molecule has 1 N–H and O–H groups in total. The fraction of sp³-hybridized carbons (Fsp3) is 0.727. The second-order valence-electron chi connectivity index (χ2n) is 3.91.